The molecule has 1 aromatic carbocycles. The van der Waals surface area contributed by atoms with E-state index in [1.54, 1.807) is 18.3 Å². The predicted octanol–water partition coefficient (Wildman–Crippen LogP) is 2.72. The van der Waals surface area contributed by atoms with E-state index in [0.717, 1.165) is 5.69 Å². The first-order chi connectivity index (χ1) is 9.20. The first kappa shape index (κ1) is 13.2. The van der Waals surface area contributed by atoms with E-state index in [-0.39, 0.29) is 5.56 Å². The molecular weight excluding hydrogens is 241 g/mol. The van der Waals surface area contributed by atoms with Crippen LogP contribution in [0.5, 0.6) is 0 Å². The summed E-state index contributed by atoms with van der Waals surface area (Å²) in [6, 6.07) is 12.4. The minimum atomic E-state index is -0.433. The van der Waals surface area contributed by atoms with Crippen molar-refractivity contribution in [1.29, 1.82) is 5.26 Å². The second kappa shape index (κ2) is 6.07. The van der Waals surface area contributed by atoms with Gasteiger partial charge in [-0.3, -0.25) is 9.88 Å². The number of hydrogen-bond donors (Lipinski definition) is 0. The van der Waals surface area contributed by atoms with Crippen LogP contribution in [0, 0.1) is 17.1 Å². The highest BCUT2D eigenvalue weighted by Gasteiger charge is 2.10. The Morgan fingerprint density at radius 1 is 1.21 bits per heavy atom. The monoisotopic (exact) mass is 255 g/mol. The van der Waals surface area contributed by atoms with Crippen molar-refractivity contribution in [2.75, 3.05) is 7.05 Å². The summed E-state index contributed by atoms with van der Waals surface area (Å²) in [5, 5.41) is 8.80. The van der Waals surface area contributed by atoms with Crippen LogP contribution in [-0.4, -0.2) is 16.9 Å². The van der Waals surface area contributed by atoms with Crippen molar-refractivity contribution in [3.05, 3.63) is 65.2 Å². The van der Waals surface area contributed by atoms with E-state index in [1.165, 1.54) is 6.07 Å². The second-order valence-corrected chi connectivity index (χ2v) is 4.38. The Hall–Kier alpha value is -2.25. The molecule has 0 saturated heterocycles. The fourth-order valence-electron chi connectivity index (χ4n) is 1.90. The molecule has 3 nitrogen and oxygen atoms in total. The molecule has 19 heavy (non-hydrogen) atoms. The molecule has 0 bridgehead atoms. The Morgan fingerprint density at radius 3 is 2.74 bits per heavy atom. The van der Waals surface area contributed by atoms with Crippen LogP contribution in [0.4, 0.5) is 4.39 Å². The Balaban J connectivity index is 2.08. The summed E-state index contributed by atoms with van der Waals surface area (Å²) < 4.78 is 13.9. The van der Waals surface area contributed by atoms with Gasteiger partial charge in [-0.1, -0.05) is 18.2 Å². The van der Waals surface area contributed by atoms with Crippen LogP contribution >= 0.6 is 0 Å². The van der Waals surface area contributed by atoms with E-state index >= 15 is 0 Å². The van der Waals surface area contributed by atoms with Gasteiger partial charge >= 0.3 is 0 Å². The molecule has 0 saturated carbocycles. The van der Waals surface area contributed by atoms with Gasteiger partial charge in [0.25, 0.3) is 0 Å². The van der Waals surface area contributed by atoms with Gasteiger partial charge in [0, 0.05) is 24.8 Å². The quantitative estimate of drug-likeness (QED) is 0.843. The molecule has 0 radical (unpaired) electrons. The highest BCUT2D eigenvalue weighted by atomic mass is 19.1. The lowest BCUT2D eigenvalue weighted by atomic mass is 10.1. The third-order valence-electron chi connectivity index (χ3n) is 2.80. The van der Waals surface area contributed by atoms with Crippen molar-refractivity contribution >= 4 is 0 Å². The number of benzene rings is 1. The number of rotatable bonds is 4. The maximum atomic E-state index is 13.9. The Morgan fingerprint density at radius 2 is 2.05 bits per heavy atom. The van der Waals surface area contributed by atoms with Crippen molar-refractivity contribution in [3.8, 4) is 6.07 Å². The molecule has 2 aromatic rings. The molecule has 0 fully saturated rings. The molecule has 0 N–H and O–H groups in total. The molecule has 2 rings (SSSR count). The lowest BCUT2D eigenvalue weighted by Gasteiger charge is -2.16. The summed E-state index contributed by atoms with van der Waals surface area (Å²) >= 11 is 0. The molecule has 0 atom stereocenters. The Labute approximate surface area is 111 Å². The summed E-state index contributed by atoms with van der Waals surface area (Å²) in [7, 11) is 1.90. The van der Waals surface area contributed by atoms with Gasteiger partial charge in [-0.15, -0.1) is 0 Å². The predicted molar refractivity (Wildman–Crippen MR) is 70.5 cm³/mol. The molecule has 0 aliphatic heterocycles. The van der Waals surface area contributed by atoms with Crippen molar-refractivity contribution in [2.45, 2.75) is 13.1 Å². The maximum absolute atomic E-state index is 13.9. The SMILES string of the molecule is CN(Cc1ccccn1)Cc1cccc(C#N)c1F. The lowest BCUT2D eigenvalue weighted by molar-refractivity contribution is 0.309. The van der Waals surface area contributed by atoms with Crippen LogP contribution < -0.4 is 0 Å². The summed E-state index contributed by atoms with van der Waals surface area (Å²) in [6.07, 6.45) is 1.74. The molecule has 1 aromatic heterocycles. The van der Waals surface area contributed by atoms with E-state index < -0.39 is 5.82 Å². The summed E-state index contributed by atoms with van der Waals surface area (Å²) in [6.45, 7) is 1.08. The van der Waals surface area contributed by atoms with Crippen LogP contribution in [0.3, 0.4) is 0 Å². The van der Waals surface area contributed by atoms with Crippen LogP contribution in [-0.2, 0) is 13.1 Å². The molecule has 0 amide bonds. The van der Waals surface area contributed by atoms with Crippen LogP contribution in [0.2, 0.25) is 0 Å². The lowest BCUT2D eigenvalue weighted by Crippen LogP contribution is -2.18. The molecule has 4 heteroatoms. The van der Waals surface area contributed by atoms with Crippen LogP contribution in [0.25, 0.3) is 0 Å². The summed E-state index contributed by atoms with van der Waals surface area (Å²) in [5.74, 6) is -0.433. The summed E-state index contributed by atoms with van der Waals surface area (Å²) in [4.78, 5) is 6.19. The van der Waals surface area contributed by atoms with E-state index in [4.69, 9.17) is 5.26 Å². The molecule has 0 spiro atoms. The number of halogens is 1. The summed E-state index contributed by atoms with van der Waals surface area (Å²) in [5.41, 5.74) is 1.54. The minimum absolute atomic E-state index is 0.0868. The molecular formula is C15H14FN3. The first-order valence-electron chi connectivity index (χ1n) is 5.96. The fourth-order valence-corrected chi connectivity index (χ4v) is 1.90. The average Bonchev–Trinajstić information content (AvgIpc) is 2.42. The minimum Gasteiger partial charge on any atom is -0.296 e. The molecule has 0 aliphatic rings. The van der Waals surface area contributed by atoms with Crippen molar-refractivity contribution in [1.82, 2.24) is 9.88 Å². The third kappa shape index (κ3) is 3.36. The number of hydrogen-bond acceptors (Lipinski definition) is 3. The normalized spacial score (nSPS) is 10.4. The molecule has 96 valence electrons. The van der Waals surface area contributed by atoms with Gasteiger partial charge in [0.1, 0.15) is 11.9 Å². The molecule has 1 heterocycles. The van der Waals surface area contributed by atoms with Gasteiger partial charge in [-0.25, -0.2) is 4.39 Å². The van der Waals surface area contributed by atoms with E-state index in [1.807, 2.05) is 36.2 Å². The zero-order valence-corrected chi connectivity index (χ0v) is 10.7. The number of nitriles is 1. The number of pyridine rings is 1. The zero-order chi connectivity index (χ0) is 13.7. The third-order valence-corrected chi connectivity index (χ3v) is 2.80. The van der Waals surface area contributed by atoms with E-state index in [0.29, 0.717) is 18.7 Å². The van der Waals surface area contributed by atoms with Gasteiger partial charge in [0.15, 0.2) is 0 Å². The van der Waals surface area contributed by atoms with Gasteiger partial charge in [0.05, 0.1) is 11.3 Å². The zero-order valence-electron chi connectivity index (χ0n) is 10.7. The fraction of sp³-hybridized carbons (Fsp3) is 0.200. The van der Waals surface area contributed by atoms with Gasteiger partial charge in [-0.05, 0) is 25.2 Å². The van der Waals surface area contributed by atoms with Crippen molar-refractivity contribution in [2.24, 2.45) is 0 Å². The second-order valence-electron chi connectivity index (χ2n) is 4.38. The Bertz CT molecular complexity index is 590. The van der Waals surface area contributed by atoms with Gasteiger partial charge in [0.2, 0.25) is 0 Å². The highest BCUT2D eigenvalue weighted by Crippen LogP contribution is 2.14. The topological polar surface area (TPSA) is 39.9 Å². The van der Waals surface area contributed by atoms with Crippen LogP contribution in [0.1, 0.15) is 16.8 Å². The average molecular weight is 255 g/mol. The largest absolute Gasteiger partial charge is 0.296 e. The van der Waals surface area contributed by atoms with Gasteiger partial charge in [-0.2, -0.15) is 5.26 Å². The maximum Gasteiger partial charge on any atom is 0.145 e. The van der Waals surface area contributed by atoms with Crippen molar-refractivity contribution < 1.29 is 4.39 Å². The highest BCUT2D eigenvalue weighted by molar-refractivity contribution is 5.34. The van der Waals surface area contributed by atoms with E-state index in [9.17, 15) is 4.39 Å². The molecule has 0 unspecified atom stereocenters. The number of nitrogens with zero attached hydrogens (tertiary/aromatic N) is 3. The first-order valence-corrected chi connectivity index (χ1v) is 5.96. The van der Waals surface area contributed by atoms with E-state index in [2.05, 4.69) is 4.98 Å². The van der Waals surface area contributed by atoms with Crippen LogP contribution in [0.15, 0.2) is 42.6 Å². The number of aromatic nitrogens is 1. The molecule has 0 aliphatic carbocycles. The van der Waals surface area contributed by atoms with Gasteiger partial charge < -0.3 is 0 Å². The standard InChI is InChI=1S/C15H14FN3/c1-19(11-14-7-2-3-8-18-14)10-13-6-4-5-12(9-17)15(13)16/h2-8H,10-11H2,1H3. The smallest absolute Gasteiger partial charge is 0.145 e. The van der Waals surface area contributed by atoms with Crippen molar-refractivity contribution in [3.63, 3.8) is 0 Å². The Kier molecular flexibility index (Phi) is 4.22.